The number of aromatic carboxylic acids is 1. The third-order valence-corrected chi connectivity index (χ3v) is 6.16. The summed E-state index contributed by atoms with van der Waals surface area (Å²) in [4.78, 5) is 18.5. The molecular formula is C17H18FN3O5S. The Balaban J connectivity index is 1.77. The largest absolute Gasteiger partial charge is 0.478 e. The minimum absolute atomic E-state index is 0.128. The van der Waals surface area contributed by atoms with Crippen molar-refractivity contribution >= 4 is 16.0 Å². The van der Waals surface area contributed by atoms with Crippen LogP contribution in [0.15, 0.2) is 35.6 Å². The molecule has 0 unspecified atom stereocenters. The molecule has 27 heavy (non-hydrogen) atoms. The highest BCUT2D eigenvalue weighted by atomic mass is 32.2. The molecule has 0 saturated carbocycles. The molecule has 10 heteroatoms. The molecule has 2 aromatic rings. The van der Waals surface area contributed by atoms with Crippen LogP contribution < -0.4 is 4.74 Å². The number of sulfonamides is 1. The lowest BCUT2D eigenvalue weighted by molar-refractivity contribution is 0.0691. The zero-order valence-corrected chi connectivity index (χ0v) is 15.3. The van der Waals surface area contributed by atoms with Crippen LogP contribution in [0.2, 0.25) is 0 Å². The average molecular weight is 395 g/mol. The number of hydrogen-bond donors (Lipinski definition) is 1. The molecule has 0 bridgehead atoms. The first-order valence-corrected chi connectivity index (χ1v) is 9.69. The van der Waals surface area contributed by atoms with Gasteiger partial charge in [-0.25, -0.2) is 22.6 Å². The molecule has 0 aliphatic carbocycles. The maximum absolute atomic E-state index is 14.5. The van der Waals surface area contributed by atoms with Gasteiger partial charge in [0.15, 0.2) is 5.82 Å². The Morgan fingerprint density at radius 1 is 1.30 bits per heavy atom. The molecule has 8 nitrogen and oxygen atoms in total. The molecule has 144 valence electrons. The minimum atomic E-state index is -4.16. The molecule has 0 atom stereocenters. The van der Waals surface area contributed by atoms with Gasteiger partial charge in [0.2, 0.25) is 15.9 Å². The van der Waals surface area contributed by atoms with Crippen LogP contribution in [0, 0.1) is 12.7 Å². The predicted octanol–water partition coefficient (Wildman–Crippen LogP) is 1.85. The third kappa shape index (κ3) is 4.06. The van der Waals surface area contributed by atoms with E-state index in [2.05, 4.69) is 9.97 Å². The minimum Gasteiger partial charge on any atom is -0.478 e. The van der Waals surface area contributed by atoms with E-state index < -0.39 is 32.3 Å². The smallest absolute Gasteiger partial charge is 0.338 e. The molecule has 0 spiro atoms. The summed E-state index contributed by atoms with van der Waals surface area (Å²) in [5.74, 6) is -2.40. The van der Waals surface area contributed by atoms with E-state index in [0.29, 0.717) is 24.3 Å². The molecule has 0 amide bonds. The second-order valence-corrected chi connectivity index (χ2v) is 8.10. The Kier molecular flexibility index (Phi) is 5.38. The van der Waals surface area contributed by atoms with Crippen molar-refractivity contribution in [3.63, 3.8) is 0 Å². The third-order valence-electron chi connectivity index (χ3n) is 4.26. The number of nitrogens with zero attached hydrogens (tertiary/aromatic N) is 3. The van der Waals surface area contributed by atoms with Crippen LogP contribution in [-0.4, -0.2) is 53.0 Å². The van der Waals surface area contributed by atoms with Crippen molar-refractivity contribution in [3.8, 4) is 5.88 Å². The van der Waals surface area contributed by atoms with E-state index in [4.69, 9.17) is 9.84 Å². The lowest BCUT2D eigenvalue weighted by Gasteiger charge is -2.31. The van der Waals surface area contributed by atoms with Crippen molar-refractivity contribution in [3.05, 3.63) is 47.7 Å². The summed E-state index contributed by atoms with van der Waals surface area (Å²) in [6.45, 7) is 1.78. The summed E-state index contributed by atoms with van der Waals surface area (Å²) in [6, 6.07) is 2.26. The Labute approximate surface area is 155 Å². The molecular weight excluding hydrogens is 377 g/mol. The fourth-order valence-corrected chi connectivity index (χ4v) is 4.57. The summed E-state index contributed by atoms with van der Waals surface area (Å²) in [7, 11) is -4.16. The van der Waals surface area contributed by atoms with Gasteiger partial charge in [0.05, 0.1) is 11.8 Å². The van der Waals surface area contributed by atoms with Crippen molar-refractivity contribution in [2.24, 2.45) is 0 Å². The van der Waals surface area contributed by atoms with Crippen molar-refractivity contribution in [1.29, 1.82) is 0 Å². The van der Waals surface area contributed by atoms with Gasteiger partial charge in [-0.15, -0.1) is 0 Å². The van der Waals surface area contributed by atoms with Gasteiger partial charge >= 0.3 is 5.97 Å². The average Bonchev–Trinajstić information content (AvgIpc) is 2.64. The van der Waals surface area contributed by atoms with E-state index >= 15 is 0 Å². The number of benzene rings is 1. The summed E-state index contributed by atoms with van der Waals surface area (Å²) in [5, 5.41) is 9.09. The summed E-state index contributed by atoms with van der Waals surface area (Å²) >= 11 is 0. The van der Waals surface area contributed by atoms with Crippen molar-refractivity contribution < 1.29 is 27.4 Å². The number of aromatic nitrogens is 2. The standard InChI is InChI=1S/C17H18FN3O5S/c1-11-8-13(17(22)23)16(18)14(9-11)27(24,25)21-6-2-12(3-7-21)26-15-10-19-4-5-20-15/h4-5,8-10,12H,2-3,6-7H2,1H3,(H,22,23). The molecule has 1 N–H and O–H groups in total. The second-order valence-electron chi connectivity index (χ2n) is 6.19. The molecule has 1 aliphatic heterocycles. The highest BCUT2D eigenvalue weighted by Crippen LogP contribution is 2.27. The Hall–Kier alpha value is -2.59. The molecule has 3 rings (SSSR count). The van der Waals surface area contributed by atoms with Gasteiger partial charge < -0.3 is 9.84 Å². The van der Waals surface area contributed by atoms with E-state index in [9.17, 15) is 17.6 Å². The number of piperidine rings is 1. The van der Waals surface area contributed by atoms with Crippen molar-refractivity contribution in [2.75, 3.05) is 13.1 Å². The van der Waals surface area contributed by atoms with Gasteiger partial charge in [0.25, 0.3) is 0 Å². The first kappa shape index (κ1) is 19.2. The van der Waals surface area contributed by atoms with E-state index in [1.165, 1.54) is 25.5 Å². The number of carbonyl (C=O) groups is 1. The number of carboxylic acid groups (broad SMARTS) is 1. The Morgan fingerprint density at radius 3 is 2.59 bits per heavy atom. The van der Waals surface area contributed by atoms with Gasteiger partial charge in [-0.1, -0.05) is 0 Å². The predicted molar refractivity (Wildman–Crippen MR) is 92.5 cm³/mol. The quantitative estimate of drug-likeness (QED) is 0.823. The number of aryl methyl sites for hydroxylation is 1. The molecule has 1 aromatic heterocycles. The van der Waals surface area contributed by atoms with Crippen LogP contribution in [0.3, 0.4) is 0 Å². The highest BCUT2D eigenvalue weighted by molar-refractivity contribution is 7.89. The van der Waals surface area contributed by atoms with E-state index in [-0.39, 0.29) is 19.2 Å². The van der Waals surface area contributed by atoms with E-state index in [1.54, 1.807) is 0 Å². The lowest BCUT2D eigenvalue weighted by atomic mass is 10.1. The summed E-state index contributed by atoms with van der Waals surface area (Å²) in [5.41, 5.74) is -0.303. The molecule has 1 fully saturated rings. The highest BCUT2D eigenvalue weighted by Gasteiger charge is 2.33. The molecule has 2 heterocycles. The van der Waals surface area contributed by atoms with E-state index in [0.717, 1.165) is 16.4 Å². The van der Waals surface area contributed by atoms with Crippen LogP contribution in [0.4, 0.5) is 4.39 Å². The van der Waals surface area contributed by atoms with Gasteiger partial charge in [-0.05, 0) is 37.5 Å². The maximum atomic E-state index is 14.5. The Bertz CT molecular complexity index is 945. The van der Waals surface area contributed by atoms with Crippen LogP contribution in [0.25, 0.3) is 0 Å². The van der Waals surface area contributed by atoms with E-state index in [1.807, 2.05) is 0 Å². The topological polar surface area (TPSA) is 110 Å². The fourth-order valence-electron chi connectivity index (χ4n) is 2.93. The summed E-state index contributed by atoms with van der Waals surface area (Å²) < 4.78 is 47.0. The molecule has 1 aromatic carbocycles. The molecule has 1 saturated heterocycles. The number of ether oxygens (including phenoxy) is 1. The monoisotopic (exact) mass is 395 g/mol. The summed E-state index contributed by atoms with van der Waals surface area (Å²) in [6.07, 6.45) is 5.05. The van der Waals surface area contributed by atoms with Crippen molar-refractivity contribution in [2.45, 2.75) is 30.8 Å². The number of rotatable bonds is 5. The van der Waals surface area contributed by atoms with Crippen LogP contribution >= 0.6 is 0 Å². The second kappa shape index (κ2) is 7.57. The zero-order chi connectivity index (χ0) is 19.6. The first-order valence-electron chi connectivity index (χ1n) is 8.25. The number of halogens is 1. The number of hydrogen-bond acceptors (Lipinski definition) is 6. The van der Waals surface area contributed by atoms with Gasteiger partial charge in [0.1, 0.15) is 11.0 Å². The van der Waals surface area contributed by atoms with Crippen LogP contribution in [0.5, 0.6) is 5.88 Å². The fraction of sp³-hybridized carbons (Fsp3) is 0.353. The number of carboxylic acids is 1. The SMILES string of the molecule is Cc1cc(C(=O)O)c(F)c(S(=O)(=O)N2CCC(Oc3cnccn3)CC2)c1. The zero-order valence-electron chi connectivity index (χ0n) is 14.5. The normalized spacial score (nSPS) is 16.2. The van der Waals surface area contributed by atoms with Crippen LogP contribution in [0.1, 0.15) is 28.8 Å². The maximum Gasteiger partial charge on any atom is 0.338 e. The van der Waals surface area contributed by atoms with Gasteiger partial charge in [-0.3, -0.25) is 4.98 Å². The van der Waals surface area contributed by atoms with Crippen molar-refractivity contribution in [1.82, 2.24) is 14.3 Å². The lowest BCUT2D eigenvalue weighted by Crippen LogP contribution is -2.42. The molecule has 1 aliphatic rings. The first-order chi connectivity index (χ1) is 12.8. The van der Waals surface area contributed by atoms with Gasteiger partial charge in [0, 0.05) is 25.5 Å². The molecule has 0 radical (unpaired) electrons. The van der Waals surface area contributed by atoms with Gasteiger partial charge in [-0.2, -0.15) is 4.31 Å². The Morgan fingerprint density at radius 2 is 2.00 bits per heavy atom. The van der Waals surface area contributed by atoms with Crippen LogP contribution in [-0.2, 0) is 10.0 Å².